The number of nitrogens with zero attached hydrogens (tertiary/aromatic N) is 1. The lowest BCUT2D eigenvalue weighted by atomic mass is 10.1. The summed E-state index contributed by atoms with van der Waals surface area (Å²) in [6, 6.07) is 19.7. The van der Waals surface area contributed by atoms with E-state index < -0.39 is 16.1 Å². The van der Waals surface area contributed by atoms with Gasteiger partial charge in [-0.3, -0.25) is 4.79 Å². The number of thiophene rings is 1. The second-order valence-electron chi connectivity index (χ2n) is 7.47. The molecule has 1 saturated heterocycles. The third-order valence-corrected chi connectivity index (χ3v) is 8.86. The van der Waals surface area contributed by atoms with Gasteiger partial charge < -0.3 is 10.1 Å². The van der Waals surface area contributed by atoms with Crippen molar-refractivity contribution in [2.45, 2.75) is 36.2 Å². The highest BCUT2D eigenvalue weighted by Gasteiger charge is 2.39. The van der Waals surface area contributed by atoms with Crippen LogP contribution in [0.5, 0.6) is 5.75 Å². The predicted octanol–water partition coefficient (Wildman–Crippen LogP) is 4.45. The summed E-state index contributed by atoms with van der Waals surface area (Å²) in [5, 5.41) is 2.88. The van der Waals surface area contributed by atoms with Gasteiger partial charge in [0.05, 0.1) is 4.34 Å². The molecule has 1 fully saturated rings. The number of nitrogens with one attached hydrogen (secondary N) is 1. The summed E-state index contributed by atoms with van der Waals surface area (Å²) in [5.74, 6) is 0.523. The highest BCUT2D eigenvalue weighted by Crippen LogP contribution is 2.32. The number of para-hydroxylation sites is 1. The van der Waals surface area contributed by atoms with Crippen molar-refractivity contribution in [1.29, 1.82) is 0 Å². The van der Waals surface area contributed by atoms with E-state index in [1.54, 1.807) is 6.07 Å². The second-order valence-corrected chi connectivity index (χ2v) is 11.3. The lowest BCUT2D eigenvalue weighted by Crippen LogP contribution is -2.45. The molecule has 1 N–H and O–H groups in total. The average Bonchev–Trinajstić information content (AvgIpc) is 3.48. The van der Waals surface area contributed by atoms with E-state index in [1.165, 1.54) is 10.4 Å². The fourth-order valence-corrected chi connectivity index (χ4v) is 6.85. The van der Waals surface area contributed by atoms with Crippen LogP contribution in [0.1, 0.15) is 24.0 Å². The van der Waals surface area contributed by atoms with E-state index in [-0.39, 0.29) is 10.1 Å². The Hall–Kier alpha value is -2.39. The number of hydrogen-bond donors (Lipinski definition) is 1. The summed E-state index contributed by atoms with van der Waals surface area (Å²) in [6.45, 7) is 1.11. The Kier molecular flexibility index (Phi) is 7.15. The monoisotopic (exact) mass is 490 g/mol. The largest absolute Gasteiger partial charge is 0.489 e. The minimum atomic E-state index is -3.74. The molecule has 2 heterocycles. The van der Waals surface area contributed by atoms with Crippen LogP contribution in [0.4, 0.5) is 0 Å². The number of ether oxygens (including phenoxy) is 1. The Bertz CT molecular complexity index is 1160. The quantitative estimate of drug-likeness (QED) is 0.506. The first-order valence-corrected chi connectivity index (χ1v) is 12.9. The molecule has 4 rings (SSSR count). The number of halogens is 1. The summed E-state index contributed by atoms with van der Waals surface area (Å²) >= 11 is 6.90. The maximum absolute atomic E-state index is 12.9. The summed E-state index contributed by atoms with van der Waals surface area (Å²) in [6.07, 6.45) is 1.15. The molecule has 6 nitrogen and oxygen atoms in total. The van der Waals surface area contributed by atoms with Gasteiger partial charge in [0.2, 0.25) is 5.91 Å². The second kappa shape index (κ2) is 10.0. The van der Waals surface area contributed by atoms with E-state index >= 15 is 0 Å². The zero-order valence-corrected chi connectivity index (χ0v) is 19.6. The standard InChI is InChI=1S/C23H23ClN2O4S2/c24-21-12-13-22(31-21)32(28,29)26-14-4-7-20(26)23(27)25-15-17-8-10-18(11-9-17)16-30-19-5-2-1-3-6-19/h1-3,5-6,8-13,20H,4,7,14-16H2,(H,25,27)/t20-/m0/s1. The lowest BCUT2D eigenvalue weighted by Gasteiger charge is -2.22. The van der Waals surface area contributed by atoms with E-state index in [4.69, 9.17) is 16.3 Å². The molecule has 1 aliphatic rings. The number of carbonyl (C=O) groups excluding carboxylic acids is 1. The number of carbonyl (C=O) groups is 1. The molecule has 0 radical (unpaired) electrons. The zero-order chi connectivity index (χ0) is 22.6. The molecule has 0 unspecified atom stereocenters. The number of rotatable bonds is 8. The number of sulfonamides is 1. The van der Waals surface area contributed by atoms with Crippen LogP contribution in [0.3, 0.4) is 0 Å². The minimum absolute atomic E-state index is 0.163. The van der Waals surface area contributed by atoms with Gasteiger partial charge in [0, 0.05) is 13.1 Å². The van der Waals surface area contributed by atoms with E-state index in [2.05, 4.69) is 5.32 Å². The molecule has 0 aliphatic carbocycles. The Morgan fingerprint density at radius 2 is 1.78 bits per heavy atom. The molecular formula is C23H23ClN2O4S2. The summed E-state index contributed by atoms with van der Waals surface area (Å²) in [7, 11) is -3.74. The average molecular weight is 491 g/mol. The number of amides is 1. The van der Waals surface area contributed by atoms with Gasteiger partial charge in [-0.15, -0.1) is 11.3 Å². The smallest absolute Gasteiger partial charge is 0.253 e. The van der Waals surface area contributed by atoms with Crippen molar-refractivity contribution in [1.82, 2.24) is 9.62 Å². The van der Waals surface area contributed by atoms with Crippen molar-refractivity contribution in [2.75, 3.05) is 6.54 Å². The Balaban J connectivity index is 1.33. The van der Waals surface area contributed by atoms with Gasteiger partial charge in [0.1, 0.15) is 22.6 Å². The van der Waals surface area contributed by atoms with Gasteiger partial charge in [0.25, 0.3) is 10.0 Å². The van der Waals surface area contributed by atoms with Crippen molar-refractivity contribution in [3.8, 4) is 5.75 Å². The minimum Gasteiger partial charge on any atom is -0.489 e. The van der Waals surface area contributed by atoms with Crippen LogP contribution in [0.25, 0.3) is 0 Å². The summed E-state index contributed by atoms with van der Waals surface area (Å²) in [4.78, 5) is 12.8. The van der Waals surface area contributed by atoms with E-state index in [0.717, 1.165) is 28.2 Å². The van der Waals surface area contributed by atoms with Crippen LogP contribution >= 0.6 is 22.9 Å². The van der Waals surface area contributed by atoms with Gasteiger partial charge in [-0.25, -0.2) is 8.42 Å². The summed E-state index contributed by atoms with van der Waals surface area (Å²) in [5.41, 5.74) is 1.95. The Labute approximate surface area is 196 Å². The van der Waals surface area contributed by atoms with Gasteiger partial charge in [-0.05, 0) is 48.2 Å². The third kappa shape index (κ3) is 5.32. The van der Waals surface area contributed by atoms with Gasteiger partial charge in [-0.2, -0.15) is 4.31 Å². The molecule has 9 heteroatoms. The van der Waals surface area contributed by atoms with Gasteiger partial charge >= 0.3 is 0 Å². The molecular weight excluding hydrogens is 468 g/mol. The first-order chi connectivity index (χ1) is 15.4. The highest BCUT2D eigenvalue weighted by atomic mass is 35.5. The van der Waals surface area contributed by atoms with Crippen molar-refractivity contribution in [3.05, 3.63) is 82.2 Å². The van der Waals surface area contributed by atoms with Crippen molar-refractivity contribution in [2.24, 2.45) is 0 Å². The maximum Gasteiger partial charge on any atom is 0.253 e. The fraction of sp³-hybridized carbons (Fsp3) is 0.261. The van der Waals surface area contributed by atoms with E-state index in [9.17, 15) is 13.2 Å². The van der Waals surface area contributed by atoms with E-state index in [1.807, 2.05) is 54.6 Å². The zero-order valence-electron chi connectivity index (χ0n) is 17.2. The van der Waals surface area contributed by atoms with Gasteiger partial charge in [0.15, 0.2) is 0 Å². The topological polar surface area (TPSA) is 75.7 Å². The molecule has 0 bridgehead atoms. The molecule has 1 aliphatic heterocycles. The molecule has 0 spiro atoms. The Morgan fingerprint density at radius 1 is 1.06 bits per heavy atom. The van der Waals surface area contributed by atoms with Crippen LogP contribution in [-0.2, 0) is 28.0 Å². The maximum atomic E-state index is 12.9. The van der Waals surface area contributed by atoms with Crippen LogP contribution in [0, 0.1) is 0 Å². The van der Waals surface area contributed by atoms with E-state index in [0.29, 0.717) is 36.9 Å². The van der Waals surface area contributed by atoms with Crippen LogP contribution in [0.2, 0.25) is 4.34 Å². The van der Waals surface area contributed by atoms with Crippen LogP contribution in [0.15, 0.2) is 70.9 Å². The first-order valence-electron chi connectivity index (χ1n) is 10.2. The molecule has 1 aromatic heterocycles. The fourth-order valence-electron chi connectivity index (χ4n) is 3.59. The first kappa shape index (κ1) is 22.8. The molecule has 168 valence electrons. The normalized spacial score (nSPS) is 16.7. The molecule has 32 heavy (non-hydrogen) atoms. The predicted molar refractivity (Wildman–Crippen MR) is 125 cm³/mol. The molecule has 3 aromatic rings. The van der Waals surface area contributed by atoms with Crippen LogP contribution in [-0.4, -0.2) is 31.2 Å². The van der Waals surface area contributed by atoms with Gasteiger partial charge in [-0.1, -0.05) is 54.1 Å². The summed E-state index contributed by atoms with van der Waals surface area (Å²) < 4.78 is 33.4. The van der Waals surface area contributed by atoms with Crippen molar-refractivity contribution in [3.63, 3.8) is 0 Å². The molecule has 1 atom stereocenters. The SMILES string of the molecule is O=C(NCc1ccc(COc2ccccc2)cc1)[C@@H]1CCCN1S(=O)(=O)c1ccc(Cl)s1. The lowest BCUT2D eigenvalue weighted by molar-refractivity contribution is -0.124. The van der Waals surface area contributed by atoms with Crippen LogP contribution < -0.4 is 10.1 Å². The highest BCUT2D eigenvalue weighted by molar-refractivity contribution is 7.91. The number of hydrogen-bond acceptors (Lipinski definition) is 5. The van der Waals surface area contributed by atoms with Crippen molar-refractivity contribution >= 4 is 38.9 Å². The van der Waals surface area contributed by atoms with Crippen molar-refractivity contribution < 1.29 is 17.9 Å². The molecule has 1 amide bonds. The Morgan fingerprint density at radius 3 is 2.47 bits per heavy atom. The molecule has 2 aromatic carbocycles. The third-order valence-electron chi connectivity index (χ3n) is 5.26. The molecule has 0 saturated carbocycles. The number of benzene rings is 2.